The topological polar surface area (TPSA) is 13.6 Å². The fourth-order valence-electron chi connectivity index (χ4n) is 3.46. The first-order valence-corrected chi connectivity index (χ1v) is 9.39. The third kappa shape index (κ3) is 2.32. The standard InChI is InChI=1S/C23H17NOS/c1-25-18-13-11-16(12-14-18)19-15-21(17-7-3-2-4-8-17)24-20-9-5-6-10-22(20)26-23(19)24/h2-15H,1H3. The third-order valence-electron chi connectivity index (χ3n) is 4.74. The number of hydrogen-bond acceptors (Lipinski definition) is 2. The predicted octanol–water partition coefficient (Wildman–Crippen LogP) is 6.50. The number of benzene rings is 3. The molecule has 5 rings (SSSR count). The Bertz CT molecular complexity index is 1200. The summed E-state index contributed by atoms with van der Waals surface area (Å²) in [6.45, 7) is 0. The third-order valence-corrected chi connectivity index (χ3v) is 5.90. The van der Waals surface area contributed by atoms with Gasteiger partial charge in [0.15, 0.2) is 0 Å². The van der Waals surface area contributed by atoms with E-state index >= 15 is 0 Å². The molecule has 0 atom stereocenters. The largest absolute Gasteiger partial charge is 0.497 e. The number of fused-ring (bicyclic) bond motifs is 3. The highest BCUT2D eigenvalue weighted by Crippen LogP contribution is 2.40. The summed E-state index contributed by atoms with van der Waals surface area (Å²) in [5.74, 6) is 0.879. The Labute approximate surface area is 155 Å². The minimum Gasteiger partial charge on any atom is -0.497 e. The zero-order chi connectivity index (χ0) is 17.5. The summed E-state index contributed by atoms with van der Waals surface area (Å²) in [7, 11) is 1.70. The molecule has 0 unspecified atom stereocenters. The second kappa shape index (κ2) is 6.04. The lowest BCUT2D eigenvalue weighted by molar-refractivity contribution is 0.415. The van der Waals surface area contributed by atoms with Crippen molar-refractivity contribution in [3.8, 4) is 28.1 Å². The molecular weight excluding hydrogens is 338 g/mol. The Morgan fingerprint density at radius 1 is 0.769 bits per heavy atom. The van der Waals surface area contributed by atoms with Crippen LogP contribution in [0.15, 0.2) is 84.9 Å². The van der Waals surface area contributed by atoms with E-state index in [0.29, 0.717) is 0 Å². The molecule has 0 bridgehead atoms. The van der Waals surface area contributed by atoms with Crippen molar-refractivity contribution in [2.24, 2.45) is 0 Å². The van der Waals surface area contributed by atoms with Gasteiger partial charge in [-0.25, -0.2) is 0 Å². The van der Waals surface area contributed by atoms with Crippen LogP contribution in [0.2, 0.25) is 0 Å². The van der Waals surface area contributed by atoms with Crippen LogP contribution in [0.1, 0.15) is 0 Å². The van der Waals surface area contributed by atoms with E-state index in [-0.39, 0.29) is 0 Å². The van der Waals surface area contributed by atoms with Gasteiger partial charge in [-0.15, -0.1) is 11.3 Å². The molecule has 3 heteroatoms. The minimum atomic E-state index is 0.879. The van der Waals surface area contributed by atoms with Crippen molar-refractivity contribution in [3.05, 3.63) is 84.9 Å². The summed E-state index contributed by atoms with van der Waals surface area (Å²) in [5, 5.41) is 0. The number of methoxy groups -OCH3 is 1. The fraction of sp³-hybridized carbons (Fsp3) is 0.0435. The molecule has 3 aromatic carbocycles. The van der Waals surface area contributed by atoms with Gasteiger partial charge in [0.25, 0.3) is 0 Å². The Balaban J connectivity index is 1.84. The monoisotopic (exact) mass is 355 g/mol. The number of hydrogen-bond donors (Lipinski definition) is 0. The molecule has 2 aromatic heterocycles. The van der Waals surface area contributed by atoms with Gasteiger partial charge in [-0.2, -0.15) is 0 Å². The van der Waals surface area contributed by atoms with Gasteiger partial charge in [-0.3, -0.25) is 4.40 Å². The average Bonchev–Trinajstić information content (AvgIpc) is 3.26. The van der Waals surface area contributed by atoms with Crippen molar-refractivity contribution in [2.45, 2.75) is 0 Å². The predicted molar refractivity (Wildman–Crippen MR) is 110 cm³/mol. The van der Waals surface area contributed by atoms with Gasteiger partial charge in [0.2, 0.25) is 0 Å². The lowest BCUT2D eigenvalue weighted by atomic mass is 10.1. The van der Waals surface area contributed by atoms with E-state index < -0.39 is 0 Å². The average molecular weight is 355 g/mol. The van der Waals surface area contributed by atoms with Crippen LogP contribution >= 0.6 is 11.3 Å². The summed E-state index contributed by atoms with van der Waals surface area (Å²) in [6, 6.07) is 29.8. The molecule has 0 saturated carbocycles. The maximum atomic E-state index is 5.31. The van der Waals surface area contributed by atoms with E-state index in [1.54, 1.807) is 7.11 Å². The Morgan fingerprint density at radius 2 is 1.50 bits per heavy atom. The van der Waals surface area contributed by atoms with E-state index in [9.17, 15) is 0 Å². The van der Waals surface area contributed by atoms with Gasteiger partial charge in [-0.1, -0.05) is 54.6 Å². The second-order valence-corrected chi connectivity index (χ2v) is 7.28. The van der Waals surface area contributed by atoms with Crippen LogP contribution in [-0.4, -0.2) is 11.5 Å². The van der Waals surface area contributed by atoms with Gasteiger partial charge in [0, 0.05) is 5.56 Å². The van der Waals surface area contributed by atoms with E-state index in [2.05, 4.69) is 77.2 Å². The molecular formula is C23H17NOS. The summed E-state index contributed by atoms with van der Waals surface area (Å²) in [5.41, 5.74) is 6.17. The molecule has 126 valence electrons. The van der Waals surface area contributed by atoms with Gasteiger partial charge in [0.05, 0.1) is 23.0 Å². The maximum absolute atomic E-state index is 5.31. The Hall–Kier alpha value is -3.04. The van der Waals surface area contributed by atoms with Gasteiger partial charge in [0.1, 0.15) is 10.6 Å². The molecule has 0 fully saturated rings. The summed E-state index contributed by atoms with van der Waals surface area (Å²) in [4.78, 5) is 1.27. The van der Waals surface area contributed by atoms with Crippen molar-refractivity contribution in [2.75, 3.05) is 7.11 Å². The van der Waals surface area contributed by atoms with Crippen molar-refractivity contribution in [1.29, 1.82) is 0 Å². The van der Waals surface area contributed by atoms with Gasteiger partial charge < -0.3 is 4.74 Å². The van der Waals surface area contributed by atoms with Crippen LogP contribution in [0.4, 0.5) is 0 Å². The highest BCUT2D eigenvalue weighted by atomic mass is 32.1. The lowest BCUT2D eigenvalue weighted by Gasteiger charge is -2.01. The molecule has 0 N–H and O–H groups in total. The van der Waals surface area contributed by atoms with Gasteiger partial charge in [-0.05, 0) is 41.5 Å². The quantitative estimate of drug-likeness (QED) is 0.360. The number of aromatic nitrogens is 1. The number of thiazole rings is 1. The Morgan fingerprint density at radius 3 is 2.27 bits per heavy atom. The number of rotatable bonds is 3. The molecule has 0 radical (unpaired) electrons. The molecule has 0 amide bonds. The first kappa shape index (κ1) is 15.2. The number of nitrogens with zero attached hydrogens (tertiary/aromatic N) is 1. The van der Waals surface area contributed by atoms with Crippen LogP contribution in [-0.2, 0) is 0 Å². The molecule has 2 nitrogen and oxygen atoms in total. The molecule has 0 aliphatic heterocycles. The van der Waals surface area contributed by atoms with Crippen LogP contribution in [0.5, 0.6) is 5.75 Å². The maximum Gasteiger partial charge on any atom is 0.118 e. The highest BCUT2D eigenvalue weighted by molar-refractivity contribution is 7.24. The second-order valence-electron chi connectivity index (χ2n) is 6.25. The summed E-state index contributed by atoms with van der Waals surface area (Å²) in [6.07, 6.45) is 0. The van der Waals surface area contributed by atoms with Crippen LogP contribution in [0, 0.1) is 0 Å². The first-order valence-electron chi connectivity index (χ1n) is 8.58. The smallest absolute Gasteiger partial charge is 0.118 e. The van der Waals surface area contributed by atoms with E-state index in [0.717, 1.165) is 5.75 Å². The fourth-order valence-corrected chi connectivity index (χ4v) is 4.66. The van der Waals surface area contributed by atoms with Crippen molar-refractivity contribution < 1.29 is 4.74 Å². The van der Waals surface area contributed by atoms with E-state index in [1.165, 1.54) is 37.4 Å². The molecule has 0 aliphatic rings. The van der Waals surface area contributed by atoms with Crippen molar-refractivity contribution >= 4 is 26.4 Å². The minimum absolute atomic E-state index is 0.879. The molecule has 0 aliphatic carbocycles. The molecule has 0 spiro atoms. The van der Waals surface area contributed by atoms with Crippen LogP contribution in [0.25, 0.3) is 37.4 Å². The Kier molecular flexibility index (Phi) is 3.54. The lowest BCUT2D eigenvalue weighted by Crippen LogP contribution is -1.84. The van der Waals surface area contributed by atoms with Crippen LogP contribution < -0.4 is 4.74 Å². The van der Waals surface area contributed by atoms with Crippen LogP contribution in [0.3, 0.4) is 0 Å². The molecule has 26 heavy (non-hydrogen) atoms. The number of para-hydroxylation sites is 1. The zero-order valence-corrected chi connectivity index (χ0v) is 15.2. The highest BCUT2D eigenvalue weighted by Gasteiger charge is 2.17. The van der Waals surface area contributed by atoms with Crippen molar-refractivity contribution in [1.82, 2.24) is 4.40 Å². The summed E-state index contributed by atoms with van der Waals surface area (Å²) >= 11 is 1.84. The van der Waals surface area contributed by atoms with E-state index in [4.69, 9.17) is 4.74 Å². The van der Waals surface area contributed by atoms with Gasteiger partial charge >= 0.3 is 0 Å². The summed E-state index contributed by atoms with van der Waals surface area (Å²) < 4.78 is 9.00. The SMILES string of the molecule is COc1ccc(-c2cc(-c3ccccc3)n3c2sc2ccccc23)cc1. The number of ether oxygens (including phenoxy) is 1. The normalized spacial score (nSPS) is 11.3. The first-order chi connectivity index (χ1) is 12.8. The van der Waals surface area contributed by atoms with E-state index in [1.807, 2.05) is 23.5 Å². The molecule has 0 saturated heterocycles. The zero-order valence-electron chi connectivity index (χ0n) is 14.3. The molecule has 5 aromatic rings. The molecule has 2 heterocycles. The van der Waals surface area contributed by atoms with Crippen molar-refractivity contribution in [3.63, 3.8) is 0 Å².